The molecule has 1 aromatic rings. The molecule has 0 aromatic heterocycles. The Kier molecular flexibility index (Phi) is 4.25. The SMILES string of the molecule is CC(C)(C)NC(=O)CNc1cccc([N+](=O)[O-])c1. The van der Waals surface area contributed by atoms with Gasteiger partial charge in [-0.25, -0.2) is 0 Å². The number of amides is 1. The summed E-state index contributed by atoms with van der Waals surface area (Å²) < 4.78 is 0. The Bertz CT molecular complexity index is 452. The lowest BCUT2D eigenvalue weighted by molar-refractivity contribution is -0.384. The van der Waals surface area contributed by atoms with Crippen molar-refractivity contribution in [2.24, 2.45) is 0 Å². The van der Waals surface area contributed by atoms with Crippen LogP contribution in [0.3, 0.4) is 0 Å². The van der Waals surface area contributed by atoms with Crippen LogP contribution in [0, 0.1) is 10.1 Å². The Labute approximate surface area is 106 Å². The molecule has 0 saturated carbocycles. The number of hydrogen-bond acceptors (Lipinski definition) is 4. The Morgan fingerprint density at radius 3 is 2.61 bits per heavy atom. The summed E-state index contributed by atoms with van der Waals surface area (Å²) in [5.74, 6) is -0.158. The van der Waals surface area contributed by atoms with Crippen molar-refractivity contribution in [2.45, 2.75) is 26.3 Å². The molecule has 6 nitrogen and oxygen atoms in total. The van der Waals surface area contributed by atoms with Gasteiger partial charge in [-0.15, -0.1) is 0 Å². The molecule has 1 rings (SSSR count). The smallest absolute Gasteiger partial charge is 0.271 e. The second kappa shape index (κ2) is 5.48. The molecule has 2 N–H and O–H groups in total. The summed E-state index contributed by atoms with van der Waals surface area (Å²) in [6, 6.07) is 6.05. The highest BCUT2D eigenvalue weighted by Crippen LogP contribution is 2.16. The largest absolute Gasteiger partial charge is 0.376 e. The van der Waals surface area contributed by atoms with Gasteiger partial charge in [0.15, 0.2) is 0 Å². The van der Waals surface area contributed by atoms with E-state index in [9.17, 15) is 14.9 Å². The van der Waals surface area contributed by atoms with E-state index in [1.807, 2.05) is 20.8 Å². The molecule has 0 aliphatic heterocycles. The molecule has 0 bridgehead atoms. The molecule has 0 aliphatic rings. The lowest BCUT2D eigenvalue weighted by Gasteiger charge is -2.20. The molecule has 0 atom stereocenters. The number of rotatable bonds is 4. The lowest BCUT2D eigenvalue weighted by Crippen LogP contribution is -2.43. The van der Waals surface area contributed by atoms with Crippen molar-refractivity contribution in [3.8, 4) is 0 Å². The number of anilines is 1. The van der Waals surface area contributed by atoms with E-state index in [0.717, 1.165) is 0 Å². The molecule has 1 amide bonds. The summed E-state index contributed by atoms with van der Waals surface area (Å²) in [5, 5.41) is 16.2. The number of benzene rings is 1. The summed E-state index contributed by atoms with van der Waals surface area (Å²) >= 11 is 0. The quantitative estimate of drug-likeness (QED) is 0.632. The second-order valence-electron chi connectivity index (χ2n) is 4.96. The van der Waals surface area contributed by atoms with E-state index in [-0.39, 0.29) is 23.7 Å². The van der Waals surface area contributed by atoms with Gasteiger partial charge in [0, 0.05) is 23.4 Å². The minimum absolute atomic E-state index is 0.00349. The molecular weight excluding hydrogens is 234 g/mol. The van der Waals surface area contributed by atoms with Crippen molar-refractivity contribution in [1.29, 1.82) is 0 Å². The zero-order chi connectivity index (χ0) is 13.8. The number of carbonyl (C=O) groups is 1. The number of nitrogens with zero attached hydrogens (tertiary/aromatic N) is 1. The Hall–Kier alpha value is -2.11. The average molecular weight is 251 g/mol. The summed E-state index contributed by atoms with van der Waals surface area (Å²) in [4.78, 5) is 21.6. The van der Waals surface area contributed by atoms with E-state index in [2.05, 4.69) is 10.6 Å². The minimum atomic E-state index is -0.472. The third-order valence-electron chi connectivity index (χ3n) is 2.02. The van der Waals surface area contributed by atoms with Gasteiger partial charge in [-0.05, 0) is 26.8 Å². The van der Waals surface area contributed by atoms with Crippen LogP contribution in [0.25, 0.3) is 0 Å². The molecule has 98 valence electrons. The molecule has 0 unspecified atom stereocenters. The first kappa shape index (κ1) is 14.0. The first-order valence-electron chi connectivity index (χ1n) is 5.57. The first-order chi connectivity index (χ1) is 8.28. The average Bonchev–Trinajstić information content (AvgIpc) is 2.24. The zero-order valence-electron chi connectivity index (χ0n) is 10.7. The van der Waals surface area contributed by atoms with E-state index < -0.39 is 4.92 Å². The maximum Gasteiger partial charge on any atom is 0.271 e. The molecule has 0 spiro atoms. The number of nitrogens with one attached hydrogen (secondary N) is 2. The topological polar surface area (TPSA) is 84.3 Å². The van der Waals surface area contributed by atoms with Crippen LogP contribution in [0.4, 0.5) is 11.4 Å². The lowest BCUT2D eigenvalue weighted by atomic mass is 10.1. The molecular formula is C12H17N3O3. The normalized spacial score (nSPS) is 10.8. The van der Waals surface area contributed by atoms with Crippen LogP contribution in [0.2, 0.25) is 0 Å². The number of nitro groups is 1. The van der Waals surface area contributed by atoms with E-state index in [1.54, 1.807) is 12.1 Å². The molecule has 0 radical (unpaired) electrons. The monoisotopic (exact) mass is 251 g/mol. The fourth-order valence-electron chi connectivity index (χ4n) is 1.37. The number of hydrogen-bond donors (Lipinski definition) is 2. The maximum absolute atomic E-state index is 11.5. The maximum atomic E-state index is 11.5. The van der Waals surface area contributed by atoms with Crippen molar-refractivity contribution in [3.05, 3.63) is 34.4 Å². The van der Waals surface area contributed by atoms with E-state index in [1.165, 1.54) is 12.1 Å². The molecule has 18 heavy (non-hydrogen) atoms. The van der Waals surface area contributed by atoms with Gasteiger partial charge in [0.1, 0.15) is 0 Å². The van der Waals surface area contributed by atoms with Crippen molar-refractivity contribution in [2.75, 3.05) is 11.9 Å². The number of non-ortho nitro benzene ring substituents is 1. The number of carbonyl (C=O) groups excluding carboxylic acids is 1. The predicted octanol–water partition coefficient (Wildman–Crippen LogP) is 1.92. The molecule has 6 heteroatoms. The van der Waals surface area contributed by atoms with Crippen LogP contribution >= 0.6 is 0 Å². The van der Waals surface area contributed by atoms with E-state index in [4.69, 9.17) is 0 Å². The van der Waals surface area contributed by atoms with Gasteiger partial charge >= 0.3 is 0 Å². The Balaban J connectivity index is 2.56. The van der Waals surface area contributed by atoms with Gasteiger partial charge in [0.25, 0.3) is 5.69 Å². The standard InChI is InChI=1S/C12H17N3O3/c1-12(2,3)14-11(16)8-13-9-5-4-6-10(7-9)15(17)18/h4-7,13H,8H2,1-3H3,(H,14,16). The van der Waals surface area contributed by atoms with Crippen LogP contribution in [-0.2, 0) is 4.79 Å². The highest BCUT2D eigenvalue weighted by Gasteiger charge is 2.13. The fraction of sp³-hybridized carbons (Fsp3) is 0.417. The van der Waals surface area contributed by atoms with Crippen LogP contribution in [0.5, 0.6) is 0 Å². The van der Waals surface area contributed by atoms with E-state index in [0.29, 0.717) is 5.69 Å². The summed E-state index contributed by atoms with van der Waals surface area (Å²) in [6.45, 7) is 5.74. The predicted molar refractivity (Wildman–Crippen MR) is 69.5 cm³/mol. The summed E-state index contributed by atoms with van der Waals surface area (Å²) in [6.07, 6.45) is 0. The number of nitro benzene ring substituents is 1. The highest BCUT2D eigenvalue weighted by atomic mass is 16.6. The fourth-order valence-corrected chi connectivity index (χ4v) is 1.37. The third-order valence-corrected chi connectivity index (χ3v) is 2.02. The second-order valence-corrected chi connectivity index (χ2v) is 4.96. The van der Waals surface area contributed by atoms with Gasteiger partial charge < -0.3 is 10.6 Å². The van der Waals surface area contributed by atoms with Gasteiger partial charge in [-0.2, -0.15) is 0 Å². The molecule has 0 fully saturated rings. The van der Waals surface area contributed by atoms with Crippen LogP contribution in [0.15, 0.2) is 24.3 Å². The van der Waals surface area contributed by atoms with Crippen LogP contribution in [-0.4, -0.2) is 22.9 Å². The van der Waals surface area contributed by atoms with Crippen molar-refractivity contribution < 1.29 is 9.72 Å². The molecule has 0 aliphatic carbocycles. The summed E-state index contributed by atoms with van der Waals surface area (Å²) in [7, 11) is 0. The molecule has 0 heterocycles. The van der Waals surface area contributed by atoms with Crippen molar-refractivity contribution in [3.63, 3.8) is 0 Å². The summed E-state index contributed by atoms with van der Waals surface area (Å²) in [5.41, 5.74) is 0.256. The third kappa shape index (κ3) is 4.82. The first-order valence-corrected chi connectivity index (χ1v) is 5.57. The minimum Gasteiger partial charge on any atom is -0.376 e. The van der Waals surface area contributed by atoms with Crippen LogP contribution < -0.4 is 10.6 Å². The van der Waals surface area contributed by atoms with E-state index >= 15 is 0 Å². The van der Waals surface area contributed by atoms with Gasteiger partial charge in [0.2, 0.25) is 5.91 Å². The molecule has 1 aromatic carbocycles. The Morgan fingerprint density at radius 1 is 1.39 bits per heavy atom. The molecule has 0 saturated heterocycles. The van der Waals surface area contributed by atoms with Gasteiger partial charge in [-0.1, -0.05) is 6.07 Å². The van der Waals surface area contributed by atoms with Gasteiger partial charge in [0.05, 0.1) is 11.5 Å². The van der Waals surface area contributed by atoms with Crippen molar-refractivity contribution in [1.82, 2.24) is 5.32 Å². The van der Waals surface area contributed by atoms with Crippen molar-refractivity contribution >= 4 is 17.3 Å². The highest BCUT2D eigenvalue weighted by molar-refractivity contribution is 5.81. The Morgan fingerprint density at radius 2 is 2.06 bits per heavy atom. The van der Waals surface area contributed by atoms with Crippen LogP contribution in [0.1, 0.15) is 20.8 Å². The zero-order valence-corrected chi connectivity index (χ0v) is 10.7. The van der Waals surface area contributed by atoms with Gasteiger partial charge in [-0.3, -0.25) is 14.9 Å².